The average Bonchev–Trinajstić information content (AvgIpc) is 3.13. The number of benzene rings is 4. The molecule has 11 nitrogen and oxygen atoms in total. The number of aliphatic hydroxyl groups is 2. The van der Waals surface area contributed by atoms with Crippen molar-refractivity contribution in [3.63, 3.8) is 0 Å². The Labute approximate surface area is 325 Å². The number of hydrogen-bond acceptors (Lipinski definition) is 11. The topological polar surface area (TPSA) is 139 Å². The predicted octanol–water partition coefficient (Wildman–Crippen LogP) is 3.09. The fraction of sp³-hybridized carbons (Fsp3) is 0.316. The third-order valence-electron chi connectivity index (χ3n) is 7.73. The second-order valence-electron chi connectivity index (χ2n) is 10.8. The van der Waals surface area contributed by atoms with E-state index in [1.807, 2.05) is 13.0 Å². The molecule has 13 heteroatoms. The molecule has 0 aromatic heterocycles. The van der Waals surface area contributed by atoms with Crippen LogP contribution in [0.1, 0.15) is 63.9 Å². The zero-order valence-corrected chi connectivity index (χ0v) is 32.6. The van der Waals surface area contributed by atoms with E-state index in [0.717, 1.165) is 5.56 Å². The fourth-order valence-corrected chi connectivity index (χ4v) is 5.05. The van der Waals surface area contributed by atoms with Gasteiger partial charge in [0, 0.05) is 44.2 Å². The van der Waals surface area contributed by atoms with E-state index in [4.69, 9.17) is 33.2 Å². The first-order valence-electron chi connectivity index (χ1n) is 15.3. The van der Waals surface area contributed by atoms with Gasteiger partial charge in [-0.3, -0.25) is 9.59 Å². The van der Waals surface area contributed by atoms with E-state index in [0.29, 0.717) is 62.5 Å². The molecule has 2 N–H and O–H groups in total. The minimum Gasteiger partial charge on any atom is -1.00 e. The predicted molar refractivity (Wildman–Crippen MR) is 191 cm³/mol. The zero-order chi connectivity index (χ0) is 36.1. The van der Waals surface area contributed by atoms with Crippen LogP contribution in [0, 0.1) is 6.92 Å². The maximum absolute atomic E-state index is 12.5. The summed E-state index contributed by atoms with van der Waals surface area (Å²) in [5, 5.41) is 21.1. The van der Waals surface area contributed by atoms with E-state index in [9.17, 15) is 19.8 Å². The largest absolute Gasteiger partial charge is 1.00 e. The first kappa shape index (κ1) is 44.8. The molecule has 4 rings (SSSR count). The molecule has 4 aromatic rings. The Morgan fingerprint density at radius 3 is 1.29 bits per heavy atom. The smallest absolute Gasteiger partial charge is 1.00 e. The number of carbonyl (C=O) groups is 2. The number of aryl methyl sites for hydroxylation is 1. The molecule has 0 spiro atoms. The summed E-state index contributed by atoms with van der Waals surface area (Å²) in [6.45, 7) is 1.91. The Morgan fingerprint density at radius 1 is 0.549 bits per heavy atom. The van der Waals surface area contributed by atoms with Crippen molar-refractivity contribution >= 4 is 20.0 Å². The maximum atomic E-state index is 12.5. The number of aliphatic hydroxyl groups excluding tert-OH is 2. The van der Waals surface area contributed by atoms with E-state index < -0.39 is 12.2 Å². The summed E-state index contributed by atoms with van der Waals surface area (Å²) in [6.07, 6.45) is -2.00. The molecule has 0 fully saturated rings. The van der Waals surface area contributed by atoms with Gasteiger partial charge in [-0.2, -0.15) is 0 Å². The van der Waals surface area contributed by atoms with Crippen LogP contribution in [0.4, 0.5) is 0 Å². The van der Waals surface area contributed by atoms with Crippen molar-refractivity contribution < 1.29 is 83.9 Å². The molecule has 4 aromatic carbocycles. The molecular weight excluding hydrogens is 666 g/mol. The first-order chi connectivity index (χ1) is 23.5. The standard InChI is InChI=1S/C19H24O6.C19H20O5.B.Na.H/c1-22-12-5-7-14(18(9-12)24-3)16(20)11-17(21)15-8-6-13(23-2)10-19(15)25-4;1-12-5-7-14(18(9-12)23-3)16(20)11-17(21)15-8-6-13(22-2)10-19(15)24-4;;;/h5-10,16-17,20-21H,11H2,1-4H3;5-10H,11H2,1-4H3;;;/q;;;+1;-1. The molecule has 0 saturated carbocycles. The Morgan fingerprint density at radius 2 is 0.902 bits per heavy atom. The van der Waals surface area contributed by atoms with Crippen LogP contribution in [0.3, 0.4) is 0 Å². The molecule has 3 radical (unpaired) electrons. The second-order valence-corrected chi connectivity index (χ2v) is 10.8. The number of ether oxygens (including phenoxy) is 7. The van der Waals surface area contributed by atoms with Crippen LogP contribution < -0.4 is 62.7 Å². The molecule has 0 amide bonds. The number of Topliss-reactive ketones (excluding diaryl/α,β-unsaturated/α-hetero) is 2. The average molecular weight is 712 g/mol. The molecule has 2 atom stereocenters. The summed E-state index contributed by atoms with van der Waals surface area (Å²) < 4.78 is 36.5. The summed E-state index contributed by atoms with van der Waals surface area (Å²) in [6, 6.07) is 20.4. The third-order valence-corrected chi connectivity index (χ3v) is 7.73. The number of carbonyl (C=O) groups excluding carboxylic acids is 2. The summed E-state index contributed by atoms with van der Waals surface area (Å²) in [5.74, 6) is 3.07. The number of methoxy groups -OCH3 is 7. The summed E-state index contributed by atoms with van der Waals surface area (Å²) in [5.41, 5.74) is 2.87. The zero-order valence-electron chi connectivity index (χ0n) is 31.6. The third kappa shape index (κ3) is 11.9. The number of rotatable bonds is 15. The van der Waals surface area contributed by atoms with Crippen molar-refractivity contribution in [3.05, 3.63) is 101 Å². The van der Waals surface area contributed by atoms with Gasteiger partial charge < -0.3 is 44.8 Å². The van der Waals surface area contributed by atoms with E-state index in [-0.39, 0.29) is 63.8 Å². The van der Waals surface area contributed by atoms with Crippen LogP contribution in [0.5, 0.6) is 40.2 Å². The Balaban J connectivity index is 0.000000946. The molecule has 0 heterocycles. The summed E-state index contributed by atoms with van der Waals surface area (Å²) >= 11 is 0. The van der Waals surface area contributed by atoms with E-state index in [2.05, 4.69) is 0 Å². The SMILES string of the molecule is COc1ccc(C(=O)CC(=O)c2ccc(C)cc2OC)c(OC)c1.COc1ccc(C(O)CC(O)c2ccc(OC)cc2OC)c(OC)c1.[B].[H-].[Na+]. The van der Waals surface area contributed by atoms with E-state index in [1.165, 1.54) is 35.5 Å². The van der Waals surface area contributed by atoms with E-state index >= 15 is 0 Å². The van der Waals surface area contributed by atoms with Gasteiger partial charge in [-0.25, -0.2) is 0 Å². The molecule has 0 aliphatic rings. The van der Waals surface area contributed by atoms with Gasteiger partial charge >= 0.3 is 29.6 Å². The molecular formula is C38H45BNaO11. The second kappa shape index (κ2) is 21.9. The van der Waals surface area contributed by atoms with Crippen molar-refractivity contribution in [2.75, 3.05) is 49.8 Å². The van der Waals surface area contributed by atoms with E-state index in [1.54, 1.807) is 80.9 Å². The fourth-order valence-electron chi connectivity index (χ4n) is 5.05. The molecule has 51 heavy (non-hydrogen) atoms. The van der Waals surface area contributed by atoms with Gasteiger partial charge in [0.15, 0.2) is 11.6 Å². The molecule has 267 valence electrons. The summed E-state index contributed by atoms with van der Waals surface area (Å²) in [4.78, 5) is 25.0. The summed E-state index contributed by atoms with van der Waals surface area (Å²) in [7, 11) is 10.7. The molecule has 0 bridgehead atoms. The Bertz CT molecular complexity index is 1680. The molecule has 2 unspecified atom stereocenters. The Kier molecular flexibility index (Phi) is 19.2. The minimum absolute atomic E-state index is 0. The van der Waals surface area contributed by atoms with Crippen LogP contribution >= 0.6 is 0 Å². The minimum atomic E-state index is -0.914. The molecule has 0 aliphatic carbocycles. The van der Waals surface area contributed by atoms with Crippen LogP contribution in [0.25, 0.3) is 0 Å². The van der Waals surface area contributed by atoms with Crippen LogP contribution in [-0.4, -0.2) is 80.0 Å². The van der Waals surface area contributed by atoms with Gasteiger partial charge in [0.2, 0.25) is 0 Å². The quantitative estimate of drug-likeness (QED) is 0.107. The van der Waals surface area contributed by atoms with Crippen molar-refractivity contribution in [1.29, 1.82) is 0 Å². The van der Waals surface area contributed by atoms with Gasteiger partial charge in [0.25, 0.3) is 0 Å². The maximum Gasteiger partial charge on any atom is 1.00 e. The number of hydrogen-bond donors (Lipinski definition) is 2. The van der Waals surface area contributed by atoms with Crippen molar-refractivity contribution in [3.8, 4) is 40.2 Å². The monoisotopic (exact) mass is 711 g/mol. The van der Waals surface area contributed by atoms with Gasteiger partial charge in [-0.1, -0.05) is 6.07 Å². The van der Waals surface area contributed by atoms with Crippen molar-refractivity contribution in [1.82, 2.24) is 0 Å². The number of ketones is 2. The first-order valence-corrected chi connectivity index (χ1v) is 15.3. The van der Waals surface area contributed by atoms with Crippen LogP contribution in [-0.2, 0) is 0 Å². The van der Waals surface area contributed by atoms with Gasteiger partial charge in [0.05, 0.1) is 79.5 Å². The molecule has 0 saturated heterocycles. The van der Waals surface area contributed by atoms with Crippen LogP contribution in [0.15, 0.2) is 72.8 Å². The van der Waals surface area contributed by atoms with Gasteiger partial charge in [-0.15, -0.1) is 0 Å². The van der Waals surface area contributed by atoms with Crippen molar-refractivity contribution in [2.45, 2.75) is 32.0 Å². The van der Waals surface area contributed by atoms with Crippen LogP contribution in [0.2, 0.25) is 0 Å². The molecule has 0 aliphatic heterocycles. The Hall–Kier alpha value is -4.20. The van der Waals surface area contributed by atoms with Gasteiger partial charge in [0.1, 0.15) is 40.2 Å². The normalized spacial score (nSPS) is 11.2. The van der Waals surface area contributed by atoms with Crippen molar-refractivity contribution in [2.24, 2.45) is 0 Å². The van der Waals surface area contributed by atoms with Gasteiger partial charge in [-0.05, 0) is 61.0 Å².